The maximum Gasteiger partial charge on any atom is 0.231 e. The van der Waals surface area contributed by atoms with Gasteiger partial charge in [0.15, 0.2) is 17.5 Å². The van der Waals surface area contributed by atoms with Gasteiger partial charge in [-0.2, -0.15) is 5.10 Å². The zero-order chi connectivity index (χ0) is 20.1. The van der Waals surface area contributed by atoms with E-state index in [9.17, 15) is 0 Å². The minimum atomic E-state index is -0.00816. The molecule has 0 aliphatic carbocycles. The molecule has 2 aliphatic heterocycles. The number of aryl methyl sites for hydroxylation is 1. The van der Waals surface area contributed by atoms with Gasteiger partial charge in [0.1, 0.15) is 18.5 Å². The van der Waals surface area contributed by atoms with E-state index >= 15 is 0 Å². The monoisotopic (exact) mass is 401 g/mol. The normalized spacial score (nSPS) is 18.8. The number of nitrogens with one attached hydrogen (secondary N) is 1. The Balaban J connectivity index is 1.33. The first-order valence-electron chi connectivity index (χ1n) is 9.89. The molecule has 1 saturated heterocycles. The lowest BCUT2D eigenvalue weighted by molar-refractivity contribution is -0.00805. The van der Waals surface area contributed by atoms with Crippen LogP contribution in [0.2, 0.25) is 0 Å². The Hall–Kier alpha value is -2.94. The van der Waals surface area contributed by atoms with E-state index in [0.717, 1.165) is 42.7 Å². The largest absolute Gasteiger partial charge is 0.492 e. The fourth-order valence-corrected chi connectivity index (χ4v) is 3.36. The molecule has 0 spiro atoms. The molecule has 1 atom stereocenters. The molecule has 1 aromatic heterocycles. The second-order valence-corrected chi connectivity index (χ2v) is 6.85. The number of benzene rings is 1. The van der Waals surface area contributed by atoms with E-state index in [0.29, 0.717) is 25.5 Å². The Labute approximate surface area is 170 Å². The third kappa shape index (κ3) is 4.73. The van der Waals surface area contributed by atoms with Crippen LogP contribution in [0.1, 0.15) is 18.6 Å². The lowest BCUT2D eigenvalue weighted by Gasteiger charge is -2.34. The SMILES string of the molecule is CCNC(=NCCOc1ccc2c(c1)OCO2)N1CCOC(c2cnn(C)c2)C1. The van der Waals surface area contributed by atoms with Crippen LogP contribution in [0.3, 0.4) is 0 Å². The molecule has 1 unspecified atom stereocenters. The smallest absolute Gasteiger partial charge is 0.231 e. The predicted octanol–water partition coefficient (Wildman–Crippen LogP) is 1.57. The molecule has 1 aromatic carbocycles. The number of guanidine groups is 1. The van der Waals surface area contributed by atoms with E-state index in [1.54, 1.807) is 4.68 Å². The van der Waals surface area contributed by atoms with Crippen LogP contribution >= 0.6 is 0 Å². The van der Waals surface area contributed by atoms with E-state index in [4.69, 9.17) is 23.9 Å². The van der Waals surface area contributed by atoms with Gasteiger partial charge in [0.2, 0.25) is 6.79 Å². The van der Waals surface area contributed by atoms with Gasteiger partial charge in [-0.3, -0.25) is 4.68 Å². The predicted molar refractivity (Wildman–Crippen MR) is 108 cm³/mol. The number of aliphatic imine (C=N–C) groups is 1. The minimum absolute atomic E-state index is 0.00816. The molecule has 1 N–H and O–H groups in total. The summed E-state index contributed by atoms with van der Waals surface area (Å²) in [5.41, 5.74) is 1.08. The third-order valence-electron chi connectivity index (χ3n) is 4.76. The first kappa shape index (κ1) is 19.4. The van der Waals surface area contributed by atoms with Crippen LogP contribution in [0.5, 0.6) is 17.2 Å². The average Bonchev–Trinajstić information content (AvgIpc) is 3.39. The number of rotatable bonds is 6. The van der Waals surface area contributed by atoms with E-state index in [-0.39, 0.29) is 12.9 Å². The number of fused-ring (bicyclic) bond motifs is 1. The van der Waals surface area contributed by atoms with Crippen molar-refractivity contribution >= 4 is 5.96 Å². The topological polar surface area (TPSA) is 82.4 Å². The molecule has 0 amide bonds. The summed E-state index contributed by atoms with van der Waals surface area (Å²) in [6.45, 7) is 6.34. The zero-order valence-corrected chi connectivity index (χ0v) is 16.8. The van der Waals surface area contributed by atoms with E-state index in [1.165, 1.54) is 0 Å². The summed E-state index contributed by atoms with van der Waals surface area (Å²) in [6, 6.07) is 5.58. The molecule has 0 bridgehead atoms. The summed E-state index contributed by atoms with van der Waals surface area (Å²) >= 11 is 0. The van der Waals surface area contributed by atoms with Crippen LogP contribution < -0.4 is 19.5 Å². The van der Waals surface area contributed by atoms with E-state index < -0.39 is 0 Å². The number of aromatic nitrogens is 2. The van der Waals surface area contributed by atoms with Gasteiger partial charge in [0, 0.05) is 38.0 Å². The molecular formula is C20H27N5O4. The Kier molecular flexibility index (Phi) is 6.04. The lowest BCUT2D eigenvalue weighted by atomic mass is 10.1. The van der Waals surface area contributed by atoms with Gasteiger partial charge in [-0.05, 0) is 19.1 Å². The van der Waals surface area contributed by atoms with Crippen LogP contribution in [-0.4, -0.2) is 66.8 Å². The van der Waals surface area contributed by atoms with Crippen molar-refractivity contribution in [3.63, 3.8) is 0 Å². The highest BCUT2D eigenvalue weighted by Gasteiger charge is 2.25. The average molecular weight is 401 g/mol. The van der Waals surface area contributed by atoms with Crippen molar-refractivity contribution in [2.75, 3.05) is 46.2 Å². The van der Waals surface area contributed by atoms with Gasteiger partial charge in [0.25, 0.3) is 0 Å². The summed E-state index contributed by atoms with van der Waals surface area (Å²) in [7, 11) is 1.91. The quantitative estimate of drug-likeness (QED) is 0.447. The van der Waals surface area contributed by atoms with Crippen LogP contribution in [0.25, 0.3) is 0 Å². The molecule has 9 nitrogen and oxygen atoms in total. The fourth-order valence-electron chi connectivity index (χ4n) is 3.36. The number of hydrogen-bond donors (Lipinski definition) is 1. The highest BCUT2D eigenvalue weighted by atomic mass is 16.7. The molecule has 9 heteroatoms. The molecule has 0 saturated carbocycles. The highest BCUT2D eigenvalue weighted by molar-refractivity contribution is 5.80. The number of nitrogens with zero attached hydrogens (tertiary/aromatic N) is 4. The van der Waals surface area contributed by atoms with Gasteiger partial charge >= 0.3 is 0 Å². The number of morpholine rings is 1. The molecule has 156 valence electrons. The molecule has 2 aromatic rings. The summed E-state index contributed by atoms with van der Waals surface area (Å²) < 4.78 is 24.2. The van der Waals surface area contributed by atoms with E-state index in [2.05, 4.69) is 22.2 Å². The standard InChI is InChI=1S/C20H27N5O4/c1-3-21-20(25-7-9-27-19(13-25)15-11-23-24(2)12-15)22-6-8-26-16-4-5-17-18(10-16)29-14-28-17/h4-5,10-12,19H,3,6-9,13-14H2,1-2H3,(H,21,22). The minimum Gasteiger partial charge on any atom is -0.492 e. The van der Waals surface area contributed by atoms with Crippen molar-refractivity contribution in [1.82, 2.24) is 20.0 Å². The second-order valence-electron chi connectivity index (χ2n) is 6.85. The lowest BCUT2D eigenvalue weighted by Crippen LogP contribution is -2.48. The van der Waals surface area contributed by atoms with Crippen molar-refractivity contribution in [3.8, 4) is 17.2 Å². The van der Waals surface area contributed by atoms with Gasteiger partial charge in [0.05, 0.1) is 25.9 Å². The third-order valence-corrected chi connectivity index (χ3v) is 4.76. The van der Waals surface area contributed by atoms with Crippen LogP contribution in [0.4, 0.5) is 0 Å². The second kappa shape index (κ2) is 9.04. The first-order valence-corrected chi connectivity index (χ1v) is 9.89. The molecule has 2 aliphatic rings. The Morgan fingerprint density at radius 2 is 2.24 bits per heavy atom. The summed E-state index contributed by atoms with van der Waals surface area (Å²) in [4.78, 5) is 6.96. The molecule has 29 heavy (non-hydrogen) atoms. The Morgan fingerprint density at radius 3 is 3.07 bits per heavy atom. The van der Waals surface area contributed by atoms with Gasteiger partial charge in [-0.1, -0.05) is 0 Å². The fraction of sp³-hybridized carbons (Fsp3) is 0.500. The molecule has 4 rings (SSSR count). The number of ether oxygens (including phenoxy) is 4. The summed E-state index contributed by atoms with van der Waals surface area (Å²) in [6.07, 6.45) is 3.85. The van der Waals surface area contributed by atoms with E-state index in [1.807, 2.05) is 37.6 Å². The Morgan fingerprint density at radius 1 is 1.34 bits per heavy atom. The maximum atomic E-state index is 5.93. The Bertz CT molecular complexity index is 853. The van der Waals surface area contributed by atoms with Crippen LogP contribution in [-0.2, 0) is 11.8 Å². The van der Waals surface area contributed by atoms with Crippen molar-refractivity contribution in [2.45, 2.75) is 13.0 Å². The van der Waals surface area contributed by atoms with Crippen molar-refractivity contribution in [1.29, 1.82) is 0 Å². The molecule has 3 heterocycles. The summed E-state index contributed by atoms with van der Waals surface area (Å²) in [5.74, 6) is 3.09. The van der Waals surface area contributed by atoms with Crippen molar-refractivity contribution in [2.24, 2.45) is 12.0 Å². The molecule has 1 fully saturated rings. The van der Waals surface area contributed by atoms with Crippen molar-refractivity contribution < 1.29 is 18.9 Å². The van der Waals surface area contributed by atoms with Crippen LogP contribution in [0.15, 0.2) is 35.6 Å². The first-order chi connectivity index (χ1) is 14.2. The van der Waals surface area contributed by atoms with Crippen LogP contribution in [0, 0.1) is 0 Å². The highest BCUT2D eigenvalue weighted by Crippen LogP contribution is 2.35. The van der Waals surface area contributed by atoms with Gasteiger partial charge in [-0.25, -0.2) is 4.99 Å². The zero-order valence-electron chi connectivity index (χ0n) is 16.8. The molecule has 0 radical (unpaired) electrons. The molecular weight excluding hydrogens is 374 g/mol. The van der Waals surface area contributed by atoms with Crippen molar-refractivity contribution in [3.05, 3.63) is 36.2 Å². The number of hydrogen-bond acceptors (Lipinski definition) is 6. The summed E-state index contributed by atoms with van der Waals surface area (Å²) in [5, 5.41) is 7.62. The van der Waals surface area contributed by atoms with Gasteiger partial charge in [-0.15, -0.1) is 0 Å². The maximum absolute atomic E-state index is 5.93. The van der Waals surface area contributed by atoms with Gasteiger partial charge < -0.3 is 29.2 Å².